The molecule has 0 saturated carbocycles. The molecule has 40 heavy (non-hydrogen) atoms. The topological polar surface area (TPSA) is 122 Å². The minimum absolute atomic E-state index is 0.208. The number of amides is 3. The predicted octanol–water partition coefficient (Wildman–Crippen LogP) is 3.72. The molecule has 2 aliphatic heterocycles. The van der Waals surface area contributed by atoms with E-state index in [0.717, 1.165) is 49.2 Å². The lowest BCUT2D eigenvalue weighted by atomic mass is 9.90. The maximum atomic E-state index is 12.1. The second kappa shape index (κ2) is 10.9. The van der Waals surface area contributed by atoms with Crippen molar-refractivity contribution in [1.82, 2.24) is 20.0 Å². The Labute approximate surface area is 232 Å². The van der Waals surface area contributed by atoms with Gasteiger partial charge in [-0.25, -0.2) is 4.68 Å². The largest absolute Gasteiger partial charge is 0.374 e. The van der Waals surface area contributed by atoms with E-state index in [1.54, 1.807) is 10.7 Å². The zero-order valence-corrected chi connectivity index (χ0v) is 22.2. The summed E-state index contributed by atoms with van der Waals surface area (Å²) in [5.41, 5.74) is 10.9. The molecule has 4 aromatic rings. The van der Waals surface area contributed by atoms with Gasteiger partial charge in [0.1, 0.15) is 11.6 Å². The van der Waals surface area contributed by atoms with Gasteiger partial charge in [0.15, 0.2) is 0 Å². The molecule has 6 rings (SSSR count). The third-order valence-electron chi connectivity index (χ3n) is 7.85. The monoisotopic (exact) mass is 536 g/mol. The number of carbonyl (C=O) groups is 3. The van der Waals surface area contributed by atoms with Gasteiger partial charge in [0.05, 0.1) is 11.3 Å². The molecule has 0 spiro atoms. The molecule has 4 N–H and O–H groups in total. The van der Waals surface area contributed by atoms with E-state index in [2.05, 4.69) is 57.0 Å². The maximum Gasteiger partial charge on any atom is 0.250 e. The molecule has 3 amide bonds. The molecule has 3 heterocycles. The van der Waals surface area contributed by atoms with E-state index in [1.165, 1.54) is 11.1 Å². The molecule has 9 heteroatoms. The highest BCUT2D eigenvalue weighted by atomic mass is 16.2. The highest BCUT2D eigenvalue weighted by Gasteiger charge is 2.26. The Bertz CT molecular complexity index is 1580. The fourth-order valence-corrected chi connectivity index (χ4v) is 5.80. The number of piperidine rings is 2. The number of primary amides is 1. The first kappa shape index (κ1) is 25.8. The van der Waals surface area contributed by atoms with Crippen LogP contribution >= 0.6 is 0 Å². The molecule has 2 aliphatic rings. The summed E-state index contributed by atoms with van der Waals surface area (Å²) in [5.74, 6) is -0.515. The van der Waals surface area contributed by atoms with Gasteiger partial charge in [-0.3, -0.25) is 24.6 Å². The van der Waals surface area contributed by atoms with E-state index in [-0.39, 0.29) is 17.9 Å². The van der Waals surface area contributed by atoms with E-state index >= 15 is 0 Å². The molecule has 9 nitrogen and oxygen atoms in total. The molecular weight excluding hydrogens is 504 g/mol. The molecule has 204 valence electrons. The number of hydrogen-bond donors (Lipinski definition) is 3. The van der Waals surface area contributed by atoms with Crippen molar-refractivity contribution < 1.29 is 14.4 Å². The van der Waals surface area contributed by atoms with Crippen LogP contribution in [0.15, 0.2) is 72.9 Å². The number of anilines is 1. The highest BCUT2D eigenvalue weighted by Crippen LogP contribution is 2.29. The number of fused-ring (bicyclic) bond motifs is 1. The lowest BCUT2D eigenvalue weighted by molar-refractivity contribution is -0.133. The zero-order chi connectivity index (χ0) is 27.6. The Morgan fingerprint density at radius 3 is 2.67 bits per heavy atom. The molecule has 0 aliphatic carbocycles. The number of carbonyl (C=O) groups excluding carboxylic acids is 3. The molecular formula is C31H32N6O3. The molecule has 2 atom stereocenters. The minimum Gasteiger partial charge on any atom is -0.374 e. The standard InChI is InChI=1S/C31H32N6O3/c32-30(39)26-8-2-5-23-19-37(35-29(23)26)25-11-9-21(10-12-25)22-6-3-15-36(18-22)17-20-4-1-7-24(16-20)33-27-13-14-28(38)34-31(27)40/h1-2,4-5,7-12,16,19,22,27,33H,3,6,13-15,17-18H2,(H2,32,39)(H,34,38,40)/t22-,27?/m1/s1. The maximum absolute atomic E-state index is 12.1. The van der Waals surface area contributed by atoms with Crippen molar-refractivity contribution in [2.75, 3.05) is 18.4 Å². The van der Waals surface area contributed by atoms with Crippen molar-refractivity contribution in [3.63, 3.8) is 0 Å². The molecule has 2 saturated heterocycles. The second-order valence-electron chi connectivity index (χ2n) is 10.7. The molecule has 1 unspecified atom stereocenters. The van der Waals surface area contributed by atoms with Crippen LogP contribution in [-0.4, -0.2) is 51.5 Å². The third-order valence-corrected chi connectivity index (χ3v) is 7.85. The van der Waals surface area contributed by atoms with Crippen LogP contribution in [-0.2, 0) is 16.1 Å². The number of nitrogens with one attached hydrogen (secondary N) is 2. The average Bonchev–Trinajstić information content (AvgIpc) is 3.40. The van der Waals surface area contributed by atoms with Gasteiger partial charge in [0, 0.05) is 36.8 Å². The summed E-state index contributed by atoms with van der Waals surface area (Å²) in [6, 6.07) is 21.7. The fourth-order valence-electron chi connectivity index (χ4n) is 5.80. The number of nitrogens with zero attached hydrogens (tertiary/aromatic N) is 3. The number of imide groups is 1. The van der Waals surface area contributed by atoms with Crippen LogP contribution in [0.2, 0.25) is 0 Å². The van der Waals surface area contributed by atoms with Crippen LogP contribution in [0.25, 0.3) is 16.6 Å². The van der Waals surface area contributed by atoms with Crippen LogP contribution in [0.1, 0.15) is 53.1 Å². The van der Waals surface area contributed by atoms with E-state index in [9.17, 15) is 14.4 Å². The van der Waals surface area contributed by atoms with Crippen molar-refractivity contribution >= 4 is 34.3 Å². The average molecular weight is 537 g/mol. The van der Waals surface area contributed by atoms with E-state index < -0.39 is 5.91 Å². The number of rotatable bonds is 7. The van der Waals surface area contributed by atoms with Crippen molar-refractivity contribution in [3.05, 3.63) is 89.6 Å². The SMILES string of the molecule is NC(=O)c1cccc2cn(-c3ccc([C@@H]4CCCN(Cc5cccc(NC6CCC(=O)NC6=O)c5)C4)cc3)nc12. The fraction of sp³-hybridized carbons (Fsp3) is 0.290. The smallest absolute Gasteiger partial charge is 0.250 e. The summed E-state index contributed by atoms with van der Waals surface area (Å²) in [4.78, 5) is 37.8. The number of aromatic nitrogens is 2. The number of nitrogens with two attached hydrogens (primary N) is 1. The van der Waals surface area contributed by atoms with Crippen molar-refractivity contribution in [1.29, 1.82) is 0 Å². The van der Waals surface area contributed by atoms with Gasteiger partial charge in [-0.05, 0) is 73.2 Å². The first-order valence-electron chi connectivity index (χ1n) is 13.7. The highest BCUT2D eigenvalue weighted by molar-refractivity contribution is 6.04. The lowest BCUT2D eigenvalue weighted by Gasteiger charge is -2.33. The minimum atomic E-state index is -0.481. The van der Waals surface area contributed by atoms with Crippen LogP contribution in [0, 0.1) is 0 Å². The van der Waals surface area contributed by atoms with Gasteiger partial charge in [0.2, 0.25) is 11.8 Å². The summed E-state index contributed by atoms with van der Waals surface area (Å²) >= 11 is 0. The van der Waals surface area contributed by atoms with Crippen molar-refractivity contribution in [2.24, 2.45) is 5.73 Å². The van der Waals surface area contributed by atoms with Gasteiger partial charge >= 0.3 is 0 Å². The van der Waals surface area contributed by atoms with Crippen LogP contribution < -0.4 is 16.4 Å². The number of hydrogen-bond acceptors (Lipinski definition) is 6. The van der Waals surface area contributed by atoms with Crippen LogP contribution in [0.4, 0.5) is 5.69 Å². The first-order chi connectivity index (χ1) is 19.4. The van der Waals surface area contributed by atoms with Crippen molar-refractivity contribution in [3.8, 4) is 5.69 Å². The van der Waals surface area contributed by atoms with Gasteiger partial charge < -0.3 is 11.1 Å². The summed E-state index contributed by atoms with van der Waals surface area (Å²) in [6.07, 6.45) is 5.05. The molecule has 0 bridgehead atoms. The molecule has 3 aromatic carbocycles. The Balaban J connectivity index is 1.11. The third kappa shape index (κ3) is 5.46. The quantitative estimate of drug-likeness (QED) is 0.310. The zero-order valence-electron chi connectivity index (χ0n) is 22.2. The van der Waals surface area contributed by atoms with Gasteiger partial charge in [-0.15, -0.1) is 0 Å². The Morgan fingerprint density at radius 1 is 1.05 bits per heavy atom. The normalized spacial score (nSPS) is 19.9. The summed E-state index contributed by atoms with van der Waals surface area (Å²) in [6.45, 7) is 2.85. The Hall–Kier alpha value is -4.50. The second-order valence-corrected chi connectivity index (χ2v) is 10.7. The summed E-state index contributed by atoms with van der Waals surface area (Å²) in [5, 5.41) is 11.2. The Kier molecular flexibility index (Phi) is 7.04. The van der Waals surface area contributed by atoms with Crippen molar-refractivity contribution in [2.45, 2.75) is 44.2 Å². The summed E-state index contributed by atoms with van der Waals surface area (Å²) < 4.78 is 1.80. The van der Waals surface area contributed by atoms with Crippen LogP contribution in [0.3, 0.4) is 0 Å². The van der Waals surface area contributed by atoms with Gasteiger partial charge in [-0.2, -0.15) is 5.10 Å². The summed E-state index contributed by atoms with van der Waals surface area (Å²) in [7, 11) is 0. The Morgan fingerprint density at radius 2 is 1.88 bits per heavy atom. The van der Waals surface area contributed by atoms with Gasteiger partial charge in [0.25, 0.3) is 5.91 Å². The number of benzene rings is 3. The molecule has 1 aromatic heterocycles. The van der Waals surface area contributed by atoms with E-state index in [4.69, 9.17) is 5.73 Å². The lowest BCUT2D eigenvalue weighted by Crippen LogP contribution is -2.47. The molecule has 2 fully saturated rings. The predicted molar refractivity (Wildman–Crippen MR) is 153 cm³/mol. The van der Waals surface area contributed by atoms with E-state index in [0.29, 0.717) is 29.8 Å². The van der Waals surface area contributed by atoms with E-state index in [1.807, 2.05) is 30.5 Å². The first-order valence-corrected chi connectivity index (χ1v) is 13.7. The molecule has 0 radical (unpaired) electrons. The van der Waals surface area contributed by atoms with Gasteiger partial charge in [-0.1, -0.05) is 36.4 Å². The number of likely N-dealkylation sites (tertiary alicyclic amines) is 1. The van der Waals surface area contributed by atoms with Crippen LogP contribution in [0.5, 0.6) is 0 Å².